The molecule has 4 aromatic rings. The number of hydrogen-bond acceptors (Lipinski definition) is 3. The van der Waals surface area contributed by atoms with Gasteiger partial charge in [-0.2, -0.15) is 0 Å². The Hall–Kier alpha value is -3.44. The van der Waals surface area contributed by atoms with Gasteiger partial charge in [-0.25, -0.2) is 4.39 Å². The first-order chi connectivity index (χ1) is 14.5. The van der Waals surface area contributed by atoms with Crippen LogP contribution < -0.4 is 5.43 Å². The highest BCUT2D eigenvalue weighted by molar-refractivity contribution is 6.31. The molecule has 1 aliphatic rings. The SMILES string of the molecule is O=C1c2oc3ccc(Cl)cc3c(=O)c2C(c2ccc(F)cc2)N1Cc1ccccc1. The van der Waals surface area contributed by atoms with Crippen LogP contribution in [-0.2, 0) is 6.54 Å². The largest absolute Gasteiger partial charge is 0.450 e. The number of rotatable bonds is 3. The van der Waals surface area contributed by atoms with Gasteiger partial charge in [0.1, 0.15) is 11.4 Å². The lowest BCUT2D eigenvalue weighted by Crippen LogP contribution is -2.29. The third-order valence-electron chi connectivity index (χ3n) is 5.31. The van der Waals surface area contributed by atoms with E-state index in [0.29, 0.717) is 21.6 Å². The molecule has 0 bridgehead atoms. The molecule has 1 aliphatic heterocycles. The van der Waals surface area contributed by atoms with Gasteiger partial charge in [0, 0.05) is 11.6 Å². The highest BCUT2D eigenvalue weighted by Gasteiger charge is 2.42. The zero-order valence-electron chi connectivity index (χ0n) is 15.6. The van der Waals surface area contributed by atoms with Crippen LogP contribution in [0, 0.1) is 5.82 Å². The van der Waals surface area contributed by atoms with Crippen molar-refractivity contribution in [2.24, 2.45) is 0 Å². The Bertz CT molecular complexity index is 1330. The lowest BCUT2D eigenvalue weighted by Gasteiger charge is -2.25. The van der Waals surface area contributed by atoms with Crippen LogP contribution in [0.1, 0.15) is 33.3 Å². The van der Waals surface area contributed by atoms with E-state index in [0.717, 1.165) is 5.56 Å². The molecule has 0 fully saturated rings. The molecule has 3 aromatic carbocycles. The van der Waals surface area contributed by atoms with Gasteiger partial charge in [-0.05, 0) is 41.5 Å². The van der Waals surface area contributed by atoms with Crippen molar-refractivity contribution in [1.82, 2.24) is 4.90 Å². The summed E-state index contributed by atoms with van der Waals surface area (Å²) in [6, 6.07) is 19.3. The molecule has 148 valence electrons. The molecule has 0 saturated carbocycles. The van der Waals surface area contributed by atoms with E-state index >= 15 is 0 Å². The van der Waals surface area contributed by atoms with Gasteiger partial charge >= 0.3 is 0 Å². The molecule has 30 heavy (non-hydrogen) atoms. The molecule has 0 spiro atoms. The van der Waals surface area contributed by atoms with Gasteiger partial charge in [-0.15, -0.1) is 0 Å². The van der Waals surface area contributed by atoms with Crippen LogP contribution >= 0.6 is 11.6 Å². The molecular weight excluding hydrogens is 405 g/mol. The van der Waals surface area contributed by atoms with Gasteiger partial charge in [0.15, 0.2) is 5.43 Å². The van der Waals surface area contributed by atoms with E-state index in [1.807, 2.05) is 30.3 Å². The first kappa shape index (κ1) is 18.6. The predicted octanol–water partition coefficient (Wildman–Crippen LogP) is 5.33. The van der Waals surface area contributed by atoms with E-state index in [4.69, 9.17) is 16.0 Å². The summed E-state index contributed by atoms with van der Waals surface area (Å²) in [5.41, 5.74) is 1.78. The van der Waals surface area contributed by atoms with Crippen molar-refractivity contribution in [2.75, 3.05) is 0 Å². The minimum absolute atomic E-state index is 0.0140. The average Bonchev–Trinajstić information content (AvgIpc) is 3.02. The predicted molar refractivity (Wildman–Crippen MR) is 112 cm³/mol. The highest BCUT2D eigenvalue weighted by atomic mass is 35.5. The summed E-state index contributed by atoms with van der Waals surface area (Å²) < 4.78 is 19.4. The lowest BCUT2D eigenvalue weighted by molar-refractivity contribution is 0.0714. The van der Waals surface area contributed by atoms with E-state index in [9.17, 15) is 14.0 Å². The molecule has 1 atom stereocenters. The fourth-order valence-electron chi connectivity index (χ4n) is 3.93. The number of hydrogen-bond donors (Lipinski definition) is 0. The Balaban J connectivity index is 1.74. The number of nitrogens with zero attached hydrogens (tertiary/aromatic N) is 1. The van der Waals surface area contributed by atoms with E-state index in [1.54, 1.807) is 29.2 Å². The van der Waals surface area contributed by atoms with E-state index in [-0.39, 0.29) is 29.2 Å². The standard InChI is InChI=1S/C24H15ClFNO3/c25-16-8-11-19-18(12-16)22(28)20-21(15-6-9-17(26)10-7-15)27(24(29)23(20)30-19)13-14-4-2-1-3-5-14/h1-12,21H,13H2. The van der Waals surface area contributed by atoms with Crippen LogP contribution in [0.2, 0.25) is 5.02 Å². The Labute approximate surface area is 176 Å². The van der Waals surface area contributed by atoms with Crippen molar-refractivity contribution >= 4 is 28.5 Å². The van der Waals surface area contributed by atoms with Crippen LogP contribution in [0.15, 0.2) is 82.0 Å². The van der Waals surface area contributed by atoms with E-state index in [1.165, 1.54) is 18.2 Å². The summed E-state index contributed by atoms with van der Waals surface area (Å²) in [6.45, 7) is 0.280. The van der Waals surface area contributed by atoms with Gasteiger partial charge in [0.2, 0.25) is 5.76 Å². The number of halogens is 2. The molecule has 0 radical (unpaired) electrons. The second kappa shape index (κ2) is 7.11. The fraction of sp³-hybridized carbons (Fsp3) is 0.0833. The Morgan fingerprint density at radius 2 is 1.70 bits per heavy atom. The normalized spacial score (nSPS) is 15.6. The Morgan fingerprint density at radius 3 is 2.43 bits per heavy atom. The topological polar surface area (TPSA) is 50.5 Å². The summed E-state index contributed by atoms with van der Waals surface area (Å²) in [5.74, 6) is -0.757. The second-order valence-corrected chi connectivity index (χ2v) is 7.62. The molecule has 5 rings (SSSR count). The molecule has 1 amide bonds. The average molecular weight is 420 g/mol. The van der Waals surface area contributed by atoms with Crippen molar-refractivity contribution in [3.05, 3.63) is 116 Å². The molecular formula is C24H15ClFNO3. The molecule has 2 heterocycles. The summed E-state index contributed by atoms with van der Waals surface area (Å²) >= 11 is 6.08. The third kappa shape index (κ3) is 2.99. The molecule has 6 heteroatoms. The number of fused-ring (bicyclic) bond motifs is 2. The summed E-state index contributed by atoms with van der Waals surface area (Å²) in [4.78, 5) is 28.3. The van der Waals surface area contributed by atoms with Gasteiger partial charge in [-0.1, -0.05) is 54.1 Å². The maximum atomic E-state index is 13.5. The molecule has 4 nitrogen and oxygen atoms in total. The lowest BCUT2D eigenvalue weighted by atomic mass is 9.98. The van der Waals surface area contributed by atoms with Crippen molar-refractivity contribution < 1.29 is 13.6 Å². The van der Waals surface area contributed by atoms with Crippen LogP contribution in [-0.4, -0.2) is 10.8 Å². The van der Waals surface area contributed by atoms with Crippen molar-refractivity contribution in [3.8, 4) is 0 Å². The van der Waals surface area contributed by atoms with Crippen molar-refractivity contribution in [1.29, 1.82) is 0 Å². The van der Waals surface area contributed by atoms with Gasteiger partial charge in [0.05, 0.1) is 17.0 Å². The molecule has 1 aromatic heterocycles. The summed E-state index contributed by atoms with van der Waals surface area (Å²) in [5, 5.41) is 0.710. The van der Waals surface area contributed by atoms with Crippen LogP contribution in [0.4, 0.5) is 4.39 Å². The van der Waals surface area contributed by atoms with Gasteiger partial charge < -0.3 is 9.32 Å². The van der Waals surface area contributed by atoms with Crippen molar-refractivity contribution in [2.45, 2.75) is 12.6 Å². The van der Waals surface area contributed by atoms with E-state index < -0.39 is 11.9 Å². The molecule has 0 N–H and O–H groups in total. The zero-order valence-corrected chi connectivity index (χ0v) is 16.4. The van der Waals surface area contributed by atoms with Crippen LogP contribution in [0.25, 0.3) is 11.0 Å². The van der Waals surface area contributed by atoms with Gasteiger partial charge in [0.25, 0.3) is 5.91 Å². The third-order valence-corrected chi connectivity index (χ3v) is 5.54. The number of carbonyl (C=O) groups excluding carboxylic acids is 1. The first-order valence-corrected chi connectivity index (χ1v) is 9.77. The quantitative estimate of drug-likeness (QED) is 0.451. The molecule has 0 saturated heterocycles. The van der Waals surface area contributed by atoms with Crippen molar-refractivity contribution in [3.63, 3.8) is 0 Å². The Kier molecular flexibility index (Phi) is 4.40. The maximum Gasteiger partial charge on any atom is 0.291 e. The minimum Gasteiger partial charge on any atom is -0.450 e. The van der Waals surface area contributed by atoms with Crippen LogP contribution in [0.3, 0.4) is 0 Å². The number of benzene rings is 3. The molecule has 0 aliphatic carbocycles. The van der Waals surface area contributed by atoms with Gasteiger partial charge in [-0.3, -0.25) is 9.59 Å². The highest BCUT2D eigenvalue weighted by Crippen LogP contribution is 2.39. The number of amides is 1. The first-order valence-electron chi connectivity index (χ1n) is 9.39. The van der Waals surface area contributed by atoms with E-state index in [2.05, 4.69) is 0 Å². The summed E-state index contributed by atoms with van der Waals surface area (Å²) in [7, 11) is 0. The maximum absolute atomic E-state index is 13.5. The number of carbonyl (C=O) groups is 1. The molecule has 1 unspecified atom stereocenters. The smallest absolute Gasteiger partial charge is 0.291 e. The van der Waals surface area contributed by atoms with Crippen LogP contribution in [0.5, 0.6) is 0 Å². The second-order valence-electron chi connectivity index (χ2n) is 7.19. The fourth-order valence-corrected chi connectivity index (χ4v) is 4.10. The Morgan fingerprint density at radius 1 is 0.967 bits per heavy atom. The monoisotopic (exact) mass is 419 g/mol. The zero-order chi connectivity index (χ0) is 20.8. The summed E-state index contributed by atoms with van der Waals surface area (Å²) in [6.07, 6.45) is 0. The minimum atomic E-state index is -0.687.